The molecule has 5 atom stereocenters. The molecule has 2 fully saturated rings. The van der Waals surface area contributed by atoms with Gasteiger partial charge in [-0.25, -0.2) is 0 Å². The number of hydrogen-bond donors (Lipinski definition) is 2. The minimum absolute atomic E-state index is 0.0190. The number of hydrogen-bond acceptors (Lipinski definition) is 6. The van der Waals surface area contributed by atoms with Crippen molar-refractivity contribution >= 4 is 11.8 Å². The van der Waals surface area contributed by atoms with Gasteiger partial charge in [0.2, 0.25) is 5.91 Å². The Hall–Kier alpha value is -5.33. The largest absolute Gasteiger partial charge is 0.471 e. The Bertz CT molecular complexity index is 2070. The van der Waals surface area contributed by atoms with Crippen molar-refractivity contribution in [2.24, 2.45) is 5.92 Å². The zero-order chi connectivity index (χ0) is 40.6. The third kappa shape index (κ3) is 9.85. The first-order valence-electron chi connectivity index (χ1n) is 19.7. The summed E-state index contributed by atoms with van der Waals surface area (Å²) in [4.78, 5) is 28.1. The molecular formula is C47H48F3N3O5. The van der Waals surface area contributed by atoms with Crippen LogP contribution >= 0.6 is 0 Å². The van der Waals surface area contributed by atoms with E-state index in [1.807, 2.05) is 84.9 Å². The third-order valence-corrected chi connectivity index (χ3v) is 11.1. The second-order valence-electron chi connectivity index (χ2n) is 15.1. The van der Waals surface area contributed by atoms with E-state index in [0.717, 1.165) is 46.5 Å². The monoisotopic (exact) mass is 791 g/mol. The van der Waals surface area contributed by atoms with Gasteiger partial charge in [0, 0.05) is 44.2 Å². The maximum absolute atomic E-state index is 13.2. The number of nitrogens with one attached hydrogen (secondary N) is 1. The maximum Gasteiger partial charge on any atom is 0.471 e. The minimum Gasteiger partial charge on any atom is -0.392 e. The van der Waals surface area contributed by atoms with Crippen LogP contribution in [0.25, 0.3) is 11.1 Å². The number of carbonyl (C=O) groups excluding carboxylic acids is 2. The van der Waals surface area contributed by atoms with Crippen molar-refractivity contribution in [1.82, 2.24) is 15.1 Å². The molecule has 11 heteroatoms. The number of ether oxygens (including phenoxy) is 2. The number of aliphatic hydroxyl groups is 1. The third-order valence-electron chi connectivity index (χ3n) is 11.1. The molecule has 58 heavy (non-hydrogen) atoms. The molecule has 2 aliphatic rings. The molecule has 0 aromatic heterocycles. The van der Waals surface area contributed by atoms with Gasteiger partial charge in [-0.1, -0.05) is 140 Å². The zero-order valence-corrected chi connectivity index (χ0v) is 32.4. The fourth-order valence-corrected chi connectivity index (χ4v) is 7.97. The highest BCUT2D eigenvalue weighted by atomic mass is 19.4. The quantitative estimate of drug-likeness (QED) is 0.124. The number of carbonyl (C=O) groups is 2. The molecule has 8 nitrogen and oxygen atoms in total. The van der Waals surface area contributed by atoms with Crippen LogP contribution in [-0.4, -0.2) is 58.1 Å². The maximum atomic E-state index is 13.2. The van der Waals surface area contributed by atoms with Gasteiger partial charge in [0.1, 0.15) is 6.04 Å². The second kappa shape index (κ2) is 18.5. The van der Waals surface area contributed by atoms with E-state index < -0.39 is 30.3 Å². The lowest BCUT2D eigenvalue weighted by Gasteiger charge is -2.43. The average Bonchev–Trinajstić information content (AvgIpc) is 3.74. The smallest absolute Gasteiger partial charge is 0.392 e. The second-order valence-corrected chi connectivity index (χ2v) is 15.1. The van der Waals surface area contributed by atoms with E-state index in [1.54, 1.807) is 0 Å². The number of alkyl halides is 3. The summed E-state index contributed by atoms with van der Waals surface area (Å²) in [6.07, 6.45) is -5.72. The van der Waals surface area contributed by atoms with Gasteiger partial charge in [-0.2, -0.15) is 13.2 Å². The summed E-state index contributed by atoms with van der Waals surface area (Å²) in [5.41, 5.74) is 7.56. The van der Waals surface area contributed by atoms with Crippen LogP contribution < -0.4 is 5.32 Å². The molecule has 2 amide bonds. The Morgan fingerprint density at radius 3 is 2.00 bits per heavy atom. The highest BCUT2D eigenvalue weighted by Crippen LogP contribution is 2.42. The summed E-state index contributed by atoms with van der Waals surface area (Å²) < 4.78 is 53.2. The Morgan fingerprint density at radius 2 is 1.38 bits per heavy atom. The Balaban J connectivity index is 1.11. The normalized spacial score (nSPS) is 20.9. The summed E-state index contributed by atoms with van der Waals surface area (Å²) >= 11 is 0. The highest BCUT2D eigenvalue weighted by Gasteiger charge is 2.47. The van der Waals surface area contributed by atoms with E-state index in [9.17, 15) is 27.9 Å². The minimum atomic E-state index is -5.04. The van der Waals surface area contributed by atoms with Gasteiger partial charge >= 0.3 is 12.1 Å². The molecule has 0 aliphatic carbocycles. The fourth-order valence-electron chi connectivity index (χ4n) is 7.97. The van der Waals surface area contributed by atoms with E-state index in [2.05, 4.69) is 65.7 Å². The molecule has 5 unspecified atom stereocenters. The van der Waals surface area contributed by atoms with Gasteiger partial charge in [0.15, 0.2) is 6.29 Å². The van der Waals surface area contributed by atoms with Crippen molar-refractivity contribution in [2.75, 3.05) is 13.1 Å². The van der Waals surface area contributed by atoms with E-state index in [0.29, 0.717) is 17.9 Å². The highest BCUT2D eigenvalue weighted by molar-refractivity contribution is 5.90. The molecule has 5 aromatic carbocycles. The molecular weight excluding hydrogens is 744 g/mol. The van der Waals surface area contributed by atoms with E-state index >= 15 is 0 Å². The van der Waals surface area contributed by atoms with Crippen molar-refractivity contribution in [2.45, 2.75) is 76.7 Å². The summed E-state index contributed by atoms with van der Waals surface area (Å²) in [6.45, 7) is 4.21. The molecule has 0 spiro atoms. The van der Waals surface area contributed by atoms with E-state index in [4.69, 9.17) is 9.47 Å². The van der Waals surface area contributed by atoms with Gasteiger partial charge < -0.3 is 24.8 Å². The first-order chi connectivity index (χ1) is 28.1. The first kappa shape index (κ1) is 40.9. The number of benzene rings is 5. The number of halogens is 3. The predicted octanol–water partition coefficient (Wildman–Crippen LogP) is 8.51. The zero-order valence-electron chi connectivity index (χ0n) is 32.4. The molecule has 5 aromatic rings. The lowest BCUT2D eigenvalue weighted by Crippen LogP contribution is -2.50. The summed E-state index contributed by atoms with van der Waals surface area (Å²) in [5.74, 6) is -2.61. The van der Waals surface area contributed by atoms with Gasteiger partial charge in [0.25, 0.3) is 0 Å². The van der Waals surface area contributed by atoms with Crippen LogP contribution in [0, 0.1) is 5.92 Å². The van der Waals surface area contributed by atoms with E-state index in [1.165, 1.54) is 11.1 Å². The number of rotatable bonds is 13. The van der Waals surface area contributed by atoms with E-state index in [-0.39, 0.29) is 44.2 Å². The topological polar surface area (TPSA) is 91.3 Å². The van der Waals surface area contributed by atoms with Crippen LogP contribution in [0.4, 0.5) is 13.2 Å². The standard InChI is InChI=1S/C47H48F3N3O5/c1-32-42(30-52(28-33-11-4-2-5-12-33)29-34-13-6-3-7-14-34)57-45(58-43(32)37-20-18-35(31-54)19-21-37)38-24-22-36(23-25-38)40-16-9-8-15-39(40)27-51-44(55)41-17-10-26-53(41)46(56)47(48,49)50/h2-9,11-16,18-25,32,41-43,45,54H,10,17,26-31H2,1H3,(H,51,55). The fraction of sp³-hybridized carbons (Fsp3) is 0.319. The summed E-state index contributed by atoms with van der Waals surface area (Å²) in [5, 5.41) is 12.5. The van der Waals surface area contributed by atoms with Crippen molar-refractivity contribution in [3.63, 3.8) is 0 Å². The van der Waals surface area contributed by atoms with Crippen LogP contribution in [-0.2, 0) is 45.3 Å². The van der Waals surface area contributed by atoms with Crippen LogP contribution in [0.15, 0.2) is 133 Å². The lowest BCUT2D eigenvalue weighted by atomic mass is 9.89. The van der Waals surface area contributed by atoms with Crippen molar-refractivity contribution < 1.29 is 37.3 Å². The number of nitrogens with zero attached hydrogens (tertiary/aromatic N) is 2. The summed E-state index contributed by atoms with van der Waals surface area (Å²) in [6, 6.07) is 42.9. The molecule has 2 N–H and O–H groups in total. The van der Waals surface area contributed by atoms with Gasteiger partial charge in [-0.15, -0.1) is 0 Å². The van der Waals surface area contributed by atoms with Crippen molar-refractivity contribution in [1.29, 1.82) is 0 Å². The molecule has 0 bridgehead atoms. The Kier molecular flexibility index (Phi) is 13.0. The van der Waals surface area contributed by atoms with Gasteiger partial charge in [-0.3, -0.25) is 14.5 Å². The Morgan fingerprint density at radius 1 is 0.776 bits per heavy atom. The van der Waals surface area contributed by atoms with Gasteiger partial charge in [0.05, 0.1) is 18.8 Å². The SMILES string of the molecule is CC1C(CN(Cc2ccccc2)Cc2ccccc2)OC(c2ccc(-c3ccccc3CNC(=O)C3CCCN3C(=O)C(F)(F)F)cc2)OC1c1ccc(CO)cc1. The number of likely N-dealkylation sites (tertiary alicyclic amines) is 1. The van der Waals surface area contributed by atoms with Gasteiger partial charge in [-0.05, 0) is 51.8 Å². The molecule has 2 aliphatic heterocycles. The number of amides is 2. The predicted molar refractivity (Wildman–Crippen MR) is 214 cm³/mol. The first-order valence-corrected chi connectivity index (χ1v) is 19.7. The molecule has 2 heterocycles. The molecule has 302 valence electrons. The molecule has 0 saturated carbocycles. The summed E-state index contributed by atoms with van der Waals surface area (Å²) in [7, 11) is 0. The lowest BCUT2D eigenvalue weighted by molar-refractivity contribution is -0.276. The van der Waals surface area contributed by atoms with Crippen molar-refractivity contribution in [3.05, 3.63) is 167 Å². The average molecular weight is 792 g/mol. The Labute approximate surface area is 337 Å². The van der Waals surface area contributed by atoms with Crippen LogP contribution in [0.2, 0.25) is 0 Å². The van der Waals surface area contributed by atoms with Crippen molar-refractivity contribution in [3.8, 4) is 11.1 Å². The molecule has 2 saturated heterocycles. The molecule has 7 rings (SSSR count). The van der Waals surface area contributed by atoms with Crippen LogP contribution in [0.1, 0.15) is 65.5 Å². The van der Waals surface area contributed by atoms with Crippen LogP contribution in [0.5, 0.6) is 0 Å². The molecule has 0 radical (unpaired) electrons. The van der Waals surface area contributed by atoms with Crippen LogP contribution in [0.3, 0.4) is 0 Å². The number of aliphatic hydroxyl groups excluding tert-OH is 1.